The molecule has 0 aromatic carbocycles. The Morgan fingerprint density at radius 3 is 1.94 bits per heavy atom. The first-order chi connectivity index (χ1) is 7.08. The molecule has 1 aliphatic heterocycles. The Morgan fingerprint density at radius 1 is 1.12 bits per heavy atom. The van der Waals surface area contributed by atoms with E-state index in [0.717, 1.165) is 0 Å². The third-order valence-electron chi connectivity index (χ3n) is 4.72. The summed E-state index contributed by atoms with van der Waals surface area (Å²) in [5.74, 6) is -0.0327. The van der Waals surface area contributed by atoms with Crippen LogP contribution in [0.15, 0.2) is 0 Å². The highest BCUT2D eigenvalue weighted by atomic mass is 32.2. The van der Waals surface area contributed by atoms with E-state index in [1.807, 2.05) is 0 Å². The first-order valence-electron chi connectivity index (χ1n) is 5.72. The zero-order valence-corrected chi connectivity index (χ0v) is 11.1. The number of rotatable bonds is 2. The van der Waals surface area contributed by atoms with Crippen LogP contribution in [0.5, 0.6) is 0 Å². The highest BCUT2D eigenvalue weighted by Crippen LogP contribution is 2.62. The molecule has 0 spiro atoms. The molecule has 1 aliphatic carbocycles. The van der Waals surface area contributed by atoms with Crippen LogP contribution in [0.1, 0.15) is 27.7 Å². The monoisotopic (exact) mass is 247 g/mol. The van der Waals surface area contributed by atoms with Crippen molar-refractivity contribution >= 4 is 9.84 Å². The zero-order valence-electron chi connectivity index (χ0n) is 10.3. The van der Waals surface area contributed by atoms with Crippen molar-refractivity contribution in [1.29, 1.82) is 0 Å². The number of aliphatic hydroxyl groups excluding tert-OH is 1. The summed E-state index contributed by atoms with van der Waals surface area (Å²) in [5.41, 5.74) is 0.331. The molecule has 2 N–H and O–H groups in total. The fraction of sp³-hybridized carbons (Fsp3) is 1.00. The molecule has 2 aliphatic rings. The van der Waals surface area contributed by atoms with Crippen LogP contribution in [0.3, 0.4) is 0 Å². The van der Waals surface area contributed by atoms with Gasteiger partial charge in [0.15, 0.2) is 9.84 Å². The first-order valence-corrected chi connectivity index (χ1v) is 7.54. The fourth-order valence-corrected chi connectivity index (χ4v) is 4.57. The van der Waals surface area contributed by atoms with E-state index >= 15 is 0 Å². The minimum Gasteiger partial charge on any atom is -0.390 e. The molecule has 0 aromatic rings. The molecule has 0 radical (unpaired) electrons. The van der Waals surface area contributed by atoms with Gasteiger partial charge in [0, 0.05) is 12.1 Å². The van der Waals surface area contributed by atoms with Crippen LogP contribution in [0.4, 0.5) is 0 Å². The van der Waals surface area contributed by atoms with Crippen LogP contribution in [0, 0.1) is 10.8 Å². The average Bonchev–Trinajstić information content (AvgIpc) is 2.34. The summed E-state index contributed by atoms with van der Waals surface area (Å²) in [6.45, 7) is 8.67. The lowest BCUT2D eigenvalue weighted by Gasteiger charge is -2.16. The van der Waals surface area contributed by atoms with Gasteiger partial charge in [0.1, 0.15) is 0 Å². The highest BCUT2D eigenvalue weighted by Gasteiger charge is 2.65. The van der Waals surface area contributed by atoms with Crippen LogP contribution < -0.4 is 5.32 Å². The Balaban J connectivity index is 2.04. The van der Waals surface area contributed by atoms with E-state index in [0.29, 0.717) is 0 Å². The first kappa shape index (κ1) is 12.3. The van der Waals surface area contributed by atoms with Gasteiger partial charge in [-0.05, 0) is 10.8 Å². The van der Waals surface area contributed by atoms with Crippen molar-refractivity contribution in [2.45, 2.75) is 45.9 Å². The Labute approximate surface area is 97.3 Å². The quantitative estimate of drug-likeness (QED) is 0.730. The lowest BCUT2D eigenvalue weighted by Crippen LogP contribution is -2.42. The van der Waals surface area contributed by atoms with E-state index in [4.69, 9.17) is 0 Å². The maximum absolute atomic E-state index is 11.4. The summed E-state index contributed by atoms with van der Waals surface area (Å²) < 4.78 is 22.8. The minimum absolute atomic E-state index is 0.0663. The normalized spacial score (nSPS) is 39.8. The molecule has 0 aromatic heterocycles. The summed E-state index contributed by atoms with van der Waals surface area (Å²) in [6, 6.07) is -0.0102. The number of nitrogens with one attached hydrogen (secondary N) is 1. The van der Waals surface area contributed by atoms with Gasteiger partial charge in [-0.15, -0.1) is 0 Å². The molecule has 94 valence electrons. The predicted molar refractivity (Wildman–Crippen MR) is 62.9 cm³/mol. The second kappa shape index (κ2) is 3.21. The van der Waals surface area contributed by atoms with Crippen LogP contribution >= 0.6 is 0 Å². The largest absolute Gasteiger partial charge is 0.390 e. The van der Waals surface area contributed by atoms with Gasteiger partial charge in [-0.3, -0.25) is 0 Å². The van der Waals surface area contributed by atoms with Crippen LogP contribution in [-0.2, 0) is 9.84 Å². The van der Waals surface area contributed by atoms with Crippen molar-refractivity contribution in [2.75, 3.05) is 11.5 Å². The van der Waals surface area contributed by atoms with E-state index in [-0.39, 0.29) is 34.4 Å². The third kappa shape index (κ3) is 1.69. The van der Waals surface area contributed by atoms with Crippen molar-refractivity contribution in [1.82, 2.24) is 5.32 Å². The lowest BCUT2D eigenvalue weighted by molar-refractivity contribution is 0.162. The summed E-state index contributed by atoms with van der Waals surface area (Å²) in [4.78, 5) is 0. The Morgan fingerprint density at radius 2 is 1.62 bits per heavy atom. The molecule has 1 heterocycles. The SMILES string of the molecule is CC1(C)C(NC2CS(=O)(=O)CC2O)C1(C)C. The summed E-state index contributed by atoms with van der Waals surface area (Å²) >= 11 is 0. The minimum atomic E-state index is -3.05. The number of aliphatic hydroxyl groups is 1. The Bertz CT molecular complexity index is 385. The Kier molecular flexibility index (Phi) is 2.47. The van der Waals surface area contributed by atoms with Gasteiger partial charge >= 0.3 is 0 Å². The molecule has 4 nitrogen and oxygen atoms in total. The van der Waals surface area contributed by atoms with Crippen molar-refractivity contribution < 1.29 is 13.5 Å². The molecule has 2 atom stereocenters. The molecular formula is C11H21NO3S. The van der Waals surface area contributed by atoms with E-state index < -0.39 is 15.9 Å². The molecule has 2 unspecified atom stereocenters. The van der Waals surface area contributed by atoms with Crippen molar-refractivity contribution in [3.63, 3.8) is 0 Å². The van der Waals surface area contributed by atoms with Gasteiger partial charge in [0.25, 0.3) is 0 Å². The zero-order chi connectivity index (χ0) is 12.4. The van der Waals surface area contributed by atoms with Gasteiger partial charge in [0.05, 0.1) is 17.6 Å². The van der Waals surface area contributed by atoms with Gasteiger partial charge in [-0.25, -0.2) is 8.42 Å². The molecule has 0 amide bonds. The standard InChI is InChI=1S/C11H21NO3S/c1-10(2)9(11(10,3)4)12-7-5-16(14,15)6-8(7)13/h7-9,12-13H,5-6H2,1-4H3. The Hall–Kier alpha value is -0.130. The second-order valence-corrected chi connectivity index (χ2v) is 8.45. The molecule has 2 rings (SSSR count). The lowest BCUT2D eigenvalue weighted by atomic mass is 10.0. The van der Waals surface area contributed by atoms with Gasteiger partial charge in [-0.2, -0.15) is 0 Å². The van der Waals surface area contributed by atoms with E-state index in [1.165, 1.54) is 0 Å². The highest BCUT2D eigenvalue weighted by molar-refractivity contribution is 7.91. The average molecular weight is 247 g/mol. The molecule has 2 fully saturated rings. The molecule has 16 heavy (non-hydrogen) atoms. The fourth-order valence-electron chi connectivity index (χ4n) is 2.82. The van der Waals surface area contributed by atoms with Crippen molar-refractivity contribution in [2.24, 2.45) is 10.8 Å². The number of hydrogen-bond acceptors (Lipinski definition) is 4. The molecule has 5 heteroatoms. The van der Waals surface area contributed by atoms with Crippen LogP contribution in [0.25, 0.3) is 0 Å². The second-order valence-electron chi connectivity index (χ2n) is 6.29. The maximum atomic E-state index is 11.4. The summed E-state index contributed by atoms with van der Waals surface area (Å²) in [6.07, 6.45) is -0.753. The number of hydrogen-bond donors (Lipinski definition) is 2. The van der Waals surface area contributed by atoms with E-state index in [2.05, 4.69) is 33.0 Å². The molecule has 1 saturated carbocycles. The smallest absolute Gasteiger partial charge is 0.154 e. The van der Waals surface area contributed by atoms with Gasteiger partial charge < -0.3 is 10.4 Å². The van der Waals surface area contributed by atoms with E-state index in [1.54, 1.807) is 0 Å². The predicted octanol–water partition coefficient (Wildman–Crippen LogP) is 0.169. The van der Waals surface area contributed by atoms with Crippen LogP contribution in [-0.4, -0.2) is 43.2 Å². The van der Waals surface area contributed by atoms with Crippen LogP contribution in [0.2, 0.25) is 0 Å². The molecule has 1 saturated heterocycles. The topological polar surface area (TPSA) is 66.4 Å². The number of sulfone groups is 1. The van der Waals surface area contributed by atoms with Gasteiger partial charge in [0.2, 0.25) is 0 Å². The van der Waals surface area contributed by atoms with Gasteiger partial charge in [-0.1, -0.05) is 27.7 Å². The summed E-state index contributed by atoms with van der Waals surface area (Å²) in [7, 11) is -3.05. The van der Waals surface area contributed by atoms with Crippen molar-refractivity contribution in [3.8, 4) is 0 Å². The molecule has 0 bridgehead atoms. The third-order valence-corrected chi connectivity index (χ3v) is 6.44. The summed E-state index contributed by atoms with van der Waals surface area (Å²) in [5, 5.41) is 13.0. The van der Waals surface area contributed by atoms with E-state index in [9.17, 15) is 13.5 Å². The molecular weight excluding hydrogens is 226 g/mol. The maximum Gasteiger partial charge on any atom is 0.154 e. The van der Waals surface area contributed by atoms with Crippen molar-refractivity contribution in [3.05, 3.63) is 0 Å².